The molecule has 0 amide bonds. The van der Waals surface area contributed by atoms with Gasteiger partial charge < -0.3 is 14.8 Å². The van der Waals surface area contributed by atoms with Crippen molar-refractivity contribution in [2.75, 3.05) is 0 Å². The van der Waals surface area contributed by atoms with E-state index < -0.39 is 30.5 Å². The molecule has 0 bridgehead atoms. The van der Waals surface area contributed by atoms with Crippen LogP contribution in [0.2, 0.25) is 0 Å². The van der Waals surface area contributed by atoms with E-state index >= 15 is 0 Å². The van der Waals surface area contributed by atoms with Crippen LogP contribution in [0.3, 0.4) is 0 Å². The highest BCUT2D eigenvalue weighted by molar-refractivity contribution is 5.82. The molecule has 0 aliphatic heterocycles. The molecule has 1 unspecified atom stereocenters. The SMILES string of the molecule is O=Cc1ccccc1Oc1nccc([C@@H]2CCC(O)(C(F)(F)F)C2)c1-c1nc2ccccc2[nH]1. The molecule has 4 aromatic rings. The van der Waals surface area contributed by atoms with E-state index in [4.69, 9.17) is 4.74 Å². The predicted octanol–water partition coefficient (Wildman–Crippen LogP) is 5.79. The summed E-state index contributed by atoms with van der Waals surface area (Å²) in [5, 5.41) is 10.3. The number of para-hydroxylation sites is 3. The minimum Gasteiger partial charge on any atom is -0.437 e. The number of aldehydes is 1. The monoisotopic (exact) mass is 467 g/mol. The van der Waals surface area contributed by atoms with Crippen molar-refractivity contribution in [1.82, 2.24) is 15.0 Å². The largest absolute Gasteiger partial charge is 0.437 e. The number of aromatic amines is 1. The summed E-state index contributed by atoms with van der Waals surface area (Å²) in [7, 11) is 0. The fraction of sp³-hybridized carbons (Fsp3) is 0.240. The third kappa shape index (κ3) is 3.81. The average molecular weight is 467 g/mol. The molecule has 1 aliphatic carbocycles. The molecule has 9 heteroatoms. The number of benzene rings is 2. The van der Waals surface area contributed by atoms with Gasteiger partial charge in [0.05, 0.1) is 22.2 Å². The van der Waals surface area contributed by atoms with E-state index in [9.17, 15) is 23.1 Å². The Bertz CT molecular complexity index is 1340. The van der Waals surface area contributed by atoms with E-state index in [0.717, 1.165) is 5.52 Å². The second kappa shape index (κ2) is 8.25. The Morgan fingerprint density at radius 2 is 1.88 bits per heavy atom. The van der Waals surface area contributed by atoms with Crippen molar-refractivity contribution >= 4 is 17.3 Å². The van der Waals surface area contributed by atoms with Gasteiger partial charge in [-0.2, -0.15) is 13.2 Å². The third-order valence-electron chi connectivity index (χ3n) is 6.29. The van der Waals surface area contributed by atoms with Crippen LogP contribution < -0.4 is 4.74 Å². The van der Waals surface area contributed by atoms with Gasteiger partial charge in [0.25, 0.3) is 0 Å². The van der Waals surface area contributed by atoms with Crippen LogP contribution in [-0.4, -0.2) is 38.1 Å². The minimum atomic E-state index is -4.73. The first-order valence-electron chi connectivity index (χ1n) is 10.7. The van der Waals surface area contributed by atoms with E-state index in [0.29, 0.717) is 34.3 Å². The number of pyridine rings is 1. The van der Waals surface area contributed by atoms with Crippen LogP contribution in [0.4, 0.5) is 13.2 Å². The average Bonchev–Trinajstić information content (AvgIpc) is 3.43. The Morgan fingerprint density at radius 1 is 1.12 bits per heavy atom. The first-order valence-corrected chi connectivity index (χ1v) is 10.7. The van der Waals surface area contributed by atoms with Gasteiger partial charge >= 0.3 is 6.18 Å². The molecule has 0 spiro atoms. The molecule has 0 saturated heterocycles. The molecule has 1 saturated carbocycles. The van der Waals surface area contributed by atoms with Crippen molar-refractivity contribution in [2.24, 2.45) is 0 Å². The molecule has 34 heavy (non-hydrogen) atoms. The molecule has 2 N–H and O–H groups in total. The lowest BCUT2D eigenvalue weighted by Crippen LogP contribution is -2.42. The van der Waals surface area contributed by atoms with Crippen LogP contribution in [0.25, 0.3) is 22.4 Å². The highest BCUT2D eigenvalue weighted by atomic mass is 19.4. The topological polar surface area (TPSA) is 88.1 Å². The van der Waals surface area contributed by atoms with Gasteiger partial charge in [0, 0.05) is 6.20 Å². The van der Waals surface area contributed by atoms with Gasteiger partial charge in [-0.05, 0) is 61.1 Å². The zero-order valence-corrected chi connectivity index (χ0v) is 17.8. The molecule has 2 heterocycles. The number of nitrogens with zero attached hydrogens (tertiary/aromatic N) is 2. The lowest BCUT2D eigenvalue weighted by atomic mass is 9.91. The molecule has 2 aromatic carbocycles. The molecule has 1 aliphatic rings. The number of hydrogen-bond acceptors (Lipinski definition) is 5. The number of fused-ring (bicyclic) bond motifs is 1. The van der Waals surface area contributed by atoms with Gasteiger partial charge in [-0.3, -0.25) is 4.79 Å². The predicted molar refractivity (Wildman–Crippen MR) is 119 cm³/mol. The van der Waals surface area contributed by atoms with Gasteiger partial charge in [-0.25, -0.2) is 9.97 Å². The van der Waals surface area contributed by atoms with Crippen LogP contribution >= 0.6 is 0 Å². The van der Waals surface area contributed by atoms with Gasteiger partial charge in [0.2, 0.25) is 5.88 Å². The summed E-state index contributed by atoms with van der Waals surface area (Å²) >= 11 is 0. The normalized spacial score (nSPS) is 20.5. The number of carbonyl (C=O) groups excluding carboxylic acids is 1. The van der Waals surface area contributed by atoms with Crippen LogP contribution in [0.1, 0.15) is 41.1 Å². The minimum absolute atomic E-state index is 0.105. The number of carbonyl (C=O) groups is 1. The van der Waals surface area contributed by atoms with Crippen molar-refractivity contribution in [2.45, 2.75) is 37.0 Å². The standard InChI is InChI=1S/C25H20F3N3O3/c26-25(27,28)24(33)11-9-15(13-24)17-10-12-29-23(34-20-8-4-1-5-16(20)14-32)21(17)22-30-18-6-2-3-7-19(18)31-22/h1-8,10,12,14-15,33H,9,11,13H2,(H,30,31)/t15-,24?/m1/s1. The van der Waals surface area contributed by atoms with Crippen LogP contribution in [0, 0.1) is 0 Å². The summed E-state index contributed by atoms with van der Waals surface area (Å²) in [5.41, 5.74) is -0.104. The highest BCUT2D eigenvalue weighted by Gasteiger charge is 2.57. The summed E-state index contributed by atoms with van der Waals surface area (Å²) in [6.07, 6.45) is -3.36. The van der Waals surface area contributed by atoms with E-state index in [2.05, 4.69) is 15.0 Å². The highest BCUT2D eigenvalue weighted by Crippen LogP contribution is 2.51. The molecular formula is C25H20F3N3O3. The number of hydrogen-bond donors (Lipinski definition) is 2. The van der Waals surface area contributed by atoms with Crippen molar-refractivity contribution in [3.8, 4) is 23.0 Å². The van der Waals surface area contributed by atoms with Gasteiger partial charge in [-0.1, -0.05) is 24.3 Å². The van der Waals surface area contributed by atoms with Crippen LogP contribution in [0.5, 0.6) is 11.6 Å². The molecule has 0 radical (unpaired) electrons. The fourth-order valence-electron chi connectivity index (χ4n) is 4.51. The first-order chi connectivity index (χ1) is 16.3. The molecule has 6 nitrogen and oxygen atoms in total. The number of nitrogens with one attached hydrogen (secondary N) is 1. The van der Waals surface area contributed by atoms with Gasteiger partial charge in [-0.15, -0.1) is 0 Å². The number of H-pyrrole nitrogens is 1. The van der Waals surface area contributed by atoms with Crippen LogP contribution in [0.15, 0.2) is 60.8 Å². The van der Waals surface area contributed by atoms with Crippen molar-refractivity contribution < 1.29 is 27.8 Å². The van der Waals surface area contributed by atoms with E-state index in [-0.39, 0.29) is 18.1 Å². The Kier molecular flexibility index (Phi) is 5.36. The Morgan fingerprint density at radius 3 is 2.62 bits per heavy atom. The maximum absolute atomic E-state index is 13.5. The summed E-state index contributed by atoms with van der Waals surface area (Å²) in [4.78, 5) is 23.6. The Labute approximate surface area is 192 Å². The second-order valence-corrected chi connectivity index (χ2v) is 8.41. The molecular weight excluding hydrogens is 447 g/mol. The van der Waals surface area contributed by atoms with E-state index in [1.165, 1.54) is 6.20 Å². The molecule has 5 rings (SSSR count). The van der Waals surface area contributed by atoms with Gasteiger partial charge in [0.1, 0.15) is 11.6 Å². The summed E-state index contributed by atoms with van der Waals surface area (Å²) in [6, 6.07) is 15.5. The number of aliphatic hydroxyl groups is 1. The van der Waals surface area contributed by atoms with Crippen molar-refractivity contribution in [3.05, 3.63) is 71.9 Å². The summed E-state index contributed by atoms with van der Waals surface area (Å²) < 4.78 is 46.5. The molecule has 2 atom stereocenters. The lowest BCUT2D eigenvalue weighted by Gasteiger charge is -2.26. The number of alkyl halides is 3. The molecule has 174 valence electrons. The van der Waals surface area contributed by atoms with E-state index in [1.807, 2.05) is 24.3 Å². The Balaban J connectivity index is 1.65. The summed E-state index contributed by atoms with van der Waals surface area (Å²) in [6.45, 7) is 0. The zero-order valence-electron chi connectivity index (χ0n) is 17.8. The molecule has 2 aromatic heterocycles. The Hall–Kier alpha value is -3.72. The van der Waals surface area contributed by atoms with Crippen LogP contribution in [-0.2, 0) is 0 Å². The molecule has 1 fully saturated rings. The second-order valence-electron chi connectivity index (χ2n) is 8.41. The summed E-state index contributed by atoms with van der Waals surface area (Å²) in [5.74, 6) is 0.151. The maximum atomic E-state index is 13.5. The first kappa shape index (κ1) is 22.1. The lowest BCUT2D eigenvalue weighted by molar-refractivity contribution is -0.257. The maximum Gasteiger partial charge on any atom is 0.417 e. The smallest absolute Gasteiger partial charge is 0.417 e. The number of imidazole rings is 1. The number of ether oxygens (including phenoxy) is 1. The number of rotatable bonds is 5. The van der Waals surface area contributed by atoms with Gasteiger partial charge in [0.15, 0.2) is 11.9 Å². The number of halogens is 3. The third-order valence-corrected chi connectivity index (χ3v) is 6.29. The number of aromatic nitrogens is 3. The van der Waals surface area contributed by atoms with E-state index in [1.54, 1.807) is 30.3 Å². The van der Waals surface area contributed by atoms with Crippen molar-refractivity contribution in [3.63, 3.8) is 0 Å². The quantitative estimate of drug-likeness (QED) is 0.363. The fourth-order valence-corrected chi connectivity index (χ4v) is 4.51. The van der Waals surface area contributed by atoms with Crippen molar-refractivity contribution in [1.29, 1.82) is 0 Å². The zero-order chi connectivity index (χ0) is 23.9.